The normalized spacial score (nSPS) is 11.7. The quantitative estimate of drug-likeness (QED) is 0.841. The van der Waals surface area contributed by atoms with E-state index in [4.69, 9.17) is 5.26 Å². The van der Waals surface area contributed by atoms with Crippen molar-refractivity contribution in [1.29, 1.82) is 5.26 Å². The zero-order valence-electron chi connectivity index (χ0n) is 9.64. The first kappa shape index (κ1) is 14.0. The van der Waals surface area contributed by atoms with Crippen LogP contribution in [0.25, 0.3) is 0 Å². The lowest BCUT2D eigenvalue weighted by atomic mass is 10.1. The van der Waals surface area contributed by atoms with Crippen molar-refractivity contribution in [3.63, 3.8) is 0 Å². The Morgan fingerprint density at radius 2 is 2.06 bits per heavy atom. The van der Waals surface area contributed by atoms with Gasteiger partial charge in [-0.1, -0.05) is 6.92 Å². The second-order valence-corrected chi connectivity index (χ2v) is 3.66. The Morgan fingerprint density at radius 1 is 1.39 bits per heavy atom. The number of nitrogens with one attached hydrogen (secondary N) is 1. The lowest BCUT2D eigenvalue weighted by Gasteiger charge is -2.14. The number of hydrogen-bond acceptors (Lipinski definition) is 2. The molecule has 0 saturated carbocycles. The van der Waals surface area contributed by atoms with Crippen molar-refractivity contribution in [2.75, 3.05) is 0 Å². The van der Waals surface area contributed by atoms with Crippen molar-refractivity contribution < 1.29 is 18.0 Å². The first-order valence-corrected chi connectivity index (χ1v) is 5.32. The second-order valence-electron chi connectivity index (χ2n) is 3.66. The Bertz CT molecular complexity index is 497. The molecule has 1 amide bonds. The van der Waals surface area contributed by atoms with Crippen LogP contribution < -0.4 is 5.32 Å². The van der Waals surface area contributed by atoms with Crippen LogP contribution in [0.5, 0.6) is 0 Å². The van der Waals surface area contributed by atoms with Gasteiger partial charge in [0.1, 0.15) is 0 Å². The minimum Gasteiger partial charge on any atom is -0.348 e. The van der Waals surface area contributed by atoms with Crippen molar-refractivity contribution in [2.24, 2.45) is 0 Å². The maximum absolute atomic E-state index is 13.3. The van der Waals surface area contributed by atoms with E-state index in [0.717, 1.165) is 6.07 Å². The number of carbonyl (C=O) groups is 1. The Hall–Kier alpha value is -2.03. The standard InChI is InChI=1S/C12H11F3N2O/c1-2-7(5-6-16)17-12(18)8-3-4-9(13)11(15)10(8)14/h3-4,7H,2,5H2,1H3,(H,17,18). The van der Waals surface area contributed by atoms with Crippen LogP contribution in [0.15, 0.2) is 12.1 Å². The van der Waals surface area contributed by atoms with Crippen molar-refractivity contribution in [3.05, 3.63) is 35.1 Å². The van der Waals surface area contributed by atoms with Gasteiger partial charge in [0.2, 0.25) is 0 Å². The summed E-state index contributed by atoms with van der Waals surface area (Å²) in [5.41, 5.74) is -0.578. The minimum atomic E-state index is -1.68. The van der Waals surface area contributed by atoms with E-state index < -0.39 is 35.0 Å². The summed E-state index contributed by atoms with van der Waals surface area (Å²) < 4.78 is 38.9. The van der Waals surface area contributed by atoms with Gasteiger partial charge in [0, 0.05) is 6.04 Å². The third-order valence-electron chi connectivity index (χ3n) is 2.45. The van der Waals surface area contributed by atoms with Crippen LogP contribution in [-0.4, -0.2) is 11.9 Å². The third kappa shape index (κ3) is 3.00. The summed E-state index contributed by atoms with van der Waals surface area (Å²) in [6.45, 7) is 1.74. The van der Waals surface area contributed by atoms with E-state index >= 15 is 0 Å². The van der Waals surface area contributed by atoms with E-state index in [9.17, 15) is 18.0 Å². The molecule has 6 heteroatoms. The fraction of sp³-hybridized carbons (Fsp3) is 0.333. The molecule has 3 nitrogen and oxygen atoms in total. The van der Waals surface area contributed by atoms with Crippen LogP contribution in [0, 0.1) is 28.8 Å². The number of carbonyl (C=O) groups excluding carboxylic acids is 1. The first-order chi connectivity index (χ1) is 8.51. The Morgan fingerprint density at radius 3 is 2.61 bits per heavy atom. The summed E-state index contributed by atoms with van der Waals surface area (Å²) in [5, 5.41) is 10.9. The molecular formula is C12H11F3N2O. The van der Waals surface area contributed by atoms with Crippen LogP contribution in [-0.2, 0) is 0 Å². The lowest BCUT2D eigenvalue weighted by molar-refractivity contribution is 0.0931. The predicted molar refractivity (Wildman–Crippen MR) is 58.1 cm³/mol. The monoisotopic (exact) mass is 256 g/mol. The third-order valence-corrected chi connectivity index (χ3v) is 2.45. The van der Waals surface area contributed by atoms with Crippen LogP contribution >= 0.6 is 0 Å². The summed E-state index contributed by atoms with van der Waals surface area (Å²) in [7, 11) is 0. The molecule has 1 atom stereocenters. The Kier molecular flexibility index (Phi) is 4.72. The van der Waals surface area contributed by atoms with E-state index in [0.29, 0.717) is 12.5 Å². The number of amides is 1. The number of halogens is 3. The molecule has 1 aromatic rings. The van der Waals surface area contributed by atoms with Crippen LogP contribution in [0.3, 0.4) is 0 Å². The van der Waals surface area contributed by atoms with Crippen molar-refractivity contribution in [1.82, 2.24) is 5.32 Å². The molecule has 18 heavy (non-hydrogen) atoms. The van der Waals surface area contributed by atoms with Gasteiger partial charge in [0.25, 0.3) is 5.91 Å². The molecule has 0 fully saturated rings. The zero-order valence-corrected chi connectivity index (χ0v) is 9.64. The largest absolute Gasteiger partial charge is 0.348 e. The van der Waals surface area contributed by atoms with Crippen LogP contribution in [0.1, 0.15) is 30.1 Å². The highest BCUT2D eigenvalue weighted by atomic mass is 19.2. The molecule has 0 aliphatic carbocycles. The molecule has 1 aromatic carbocycles. The summed E-state index contributed by atoms with van der Waals surface area (Å²) in [4.78, 5) is 11.6. The van der Waals surface area contributed by atoms with E-state index in [-0.39, 0.29) is 6.42 Å². The highest BCUT2D eigenvalue weighted by molar-refractivity contribution is 5.94. The SMILES string of the molecule is CCC(CC#N)NC(=O)c1ccc(F)c(F)c1F. The Labute approximate surface area is 102 Å². The molecule has 0 heterocycles. The molecule has 0 bridgehead atoms. The summed E-state index contributed by atoms with van der Waals surface area (Å²) >= 11 is 0. The molecule has 0 saturated heterocycles. The maximum Gasteiger partial charge on any atom is 0.254 e. The number of nitriles is 1. The molecule has 1 N–H and O–H groups in total. The average Bonchev–Trinajstić information content (AvgIpc) is 2.35. The molecule has 0 aromatic heterocycles. The summed E-state index contributed by atoms with van der Waals surface area (Å²) in [6.07, 6.45) is 0.540. The van der Waals surface area contributed by atoms with E-state index in [1.807, 2.05) is 6.07 Å². The van der Waals surface area contributed by atoms with Crippen molar-refractivity contribution >= 4 is 5.91 Å². The molecule has 0 aliphatic heterocycles. The highest BCUT2D eigenvalue weighted by Gasteiger charge is 2.20. The maximum atomic E-state index is 13.3. The molecule has 96 valence electrons. The van der Waals surface area contributed by atoms with Gasteiger partial charge in [0.15, 0.2) is 17.5 Å². The lowest BCUT2D eigenvalue weighted by Crippen LogP contribution is -2.34. The Balaban J connectivity index is 2.92. The number of benzene rings is 1. The molecule has 1 unspecified atom stereocenters. The van der Waals surface area contributed by atoms with Crippen molar-refractivity contribution in [2.45, 2.75) is 25.8 Å². The number of rotatable bonds is 4. The van der Waals surface area contributed by atoms with Gasteiger partial charge in [-0.25, -0.2) is 13.2 Å². The molecule has 0 spiro atoms. The second kappa shape index (κ2) is 6.05. The fourth-order valence-corrected chi connectivity index (χ4v) is 1.37. The van der Waals surface area contributed by atoms with Gasteiger partial charge in [0.05, 0.1) is 18.1 Å². The zero-order chi connectivity index (χ0) is 13.7. The number of hydrogen-bond donors (Lipinski definition) is 1. The molecule has 1 rings (SSSR count). The van der Waals surface area contributed by atoms with Gasteiger partial charge in [-0.05, 0) is 18.6 Å². The van der Waals surface area contributed by atoms with E-state index in [1.54, 1.807) is 6.92 Å². The predicted octanol–water partition coefficient (Wildman–Crippen LogP) is 2.53. The first-order valence-electron chi connectivity index (χ1n) is 5.32. The molecule has 0 aliphatic rings. The van der Waals surface area contributed by atoms with E-state index in [2.05, 4.69) is 5.32 Å². The van der Waals surface area contributed by atoms with Gasteiger partial charge in [-0.3, -0.25) is 4.79 Å². The smallest absolute Gasteiger partial charge is 0.254 e. The summed E-state index contributed by atoms with van der Waals surface area (Å²) in [5.74, 6) is -5.43. The number of nitrogens with zero attached hydrogens (tertiary/aromatic N) is 1. The topological polar surface area (TPSA) is 52.9 Å². The fourth-order valence-electron chi connectivity index (χ4n) is 1.37. The van der Waals surface area contributed by atoms with E-state index in [1.165, 1.54) is 0 Å². The van der Waals surface area contributed by atoms with Gasteiger partial charge >= 0.3 is 0 Å². The van der Waals surface area contributed by atoms with Crippen molar-refractivity contribution in [3.8, 4) is 6.07 Å². The molecular weight excluding hydrogens is 245 g/mol. The van der Waals surface area contributed by atoms with Gasteiger partial charge < -0.3 is 5.32 Å². The average molecular weight is 256 g/mol. The van der Waals surface area contributed by atoms with Gasteiger partial charge in [-0.2, -0.15) is 5.26 Å². The van der Waals surface area contributed by atoms with Crippen LogP contribution in [0.2, 0.25) is 0 Å². The molecule has 0 radical (unpaired) electrons. The minimum absolute atomic E-state index is 0.0630. The summed E-state index contributed by atoms with van der Waals surface area (Å²) in [6, 6.07) is 2.96. The van der Waals surface area contributed by atoms with Gasteiger partial charge in [-0.15, -0.1) is 0 Å². The highest BCUT2D eigenvalue weighted by Crippen LogP contribution is 2.15. The van der Waals surface area contributed by atoms with Crippen LogP contribution in [0.4, 0.5) is 13.2 Å².